The molecule has 0 aliphatic carbocycles. The molecular weight excluding hydrogens is 449 g/mol. The summed E-state index contributed by atoms with van der Waals surface area (Å²) in [7, 11) is 1.67. The van der Waals surface area contributed by atoms with E-state index in [1.54, 1.807) is 37.4 Å². The molecule has 1 saturated heterocycles. The number of nitriles is 1. The second-order valence-corrected chi connectivity index (χ2v) is 8.36. The topological polar surface area (TPSA) is 80.4 Å². The van der Waals surface area contributed by atoms with Gasteiger partial charge >= 0.3 is 6.36 Å². The third-order valence-electron chi connectivity index (χ3n) is 5.97. The number of hydrogen-bond donors (Lipinski definition) is 0. The monoisotopic (exact) mass is 472 g/mol. The van der Waals surface area contributed by atoms with Gasteiger partial charge in [-0.25, -0.2) is 4.98 Å². The Balaban J connectivity index is 1.44. The highest BCUT2D eigenvalue weighted by atomic mass is 19.4. The fraction of sp³-hybridized carbons (Fsp3) is 0.375. The second-order valence-electron chi connectivity index (χ2n) is 8.36. The summed E-state index contributed by atoms with van der Waals surface area (Å²) in [5.74, 6) is -0.146. The lowest BCUT2D eigenvalue weighted by Gasteiger charge is -2.38. The lowest BCUT2D eigenvalue weighted by atomic mass is 9.95. The number of ether oxygens (including phenoxy) is 2. The molecular formula is C24H23F3N4O3. The van der Waals surface area contributed by atoms with Crippen molar-refractivity contribution in [1.29, 1.82) is 5.26 Å². The Morgan fingerprint density at radius 2 is 1.94 bits per heavy atom. The molecule has 4 rings (SSSR count). The third kappa shape index (κ3) is 5.15. The van der Waals surface area contributed by atoms with E-state index in [9.17, 15) is 23.2 Å². The highest BCUT2D eigenvalue weighted by Crippen LogP contribution is 2.30. The number of aromatic nitrogens is 2. The average Bonchev–Trinajstić information content (AvgIpc) is 2.80. The number of hydrogen-bond acceptors (Lipinski definition) is 6. The molecule has 0 unspecified atom stereocenters. The quantitative estimate of drug-likeness (QED) is 0.556. The van der Waals surface area contributed by atoms with Crippen LogP contribution in [-0.2, 0) is 18.4 Å². The van der Waals surface area contributed by atoms with Crippen molar-refractivity contribution < 1.29 is 22.6 Å². The number of fused-ring (bicyclic) bond motifs is 1. The van der Waals surface area contributed by atoms with Crippen molar-refractivity contribution in [2.75, 3.05) is 18.0 Å². The van der Waals surface area contributed by atoms with Crippen LogP contribution < -0.4 is 15.2 Å². The Kier molecular flexibility index (Phi) is 6.48. The maximum Gasteiger partial charge on any atom is 0.573 e. The zero-order chi connectivity index (χ0) is 24.5. The first-order valence-electron chi connectivity index (χ1n) is 10.8. The average molecular weight is 472 g/mol. The van der Waals surface area contributed by atoms with E-state index in [2.05, 4.69) is 21.5 Å². The smallest absolute Gasteiger partial charge is 0.406 e. The summed E-state index contributed by atoms with van der Waals surface area (Å²) in [6.07, 6.45) is -4.07. The van der Waals surface area contributed by atoms with E-state index in [0.29, 0.717) is 36.2 Å². The van der Waals surface area contributed by atoms with E-state index >= 15 is 0 Å². The van der Waals surface area contributed by atoms with Gasteiger partial charge in [-0.2, -0.15) is 5.26 Å². The molecule has 2 atom stereocenters. The number of pyridine rings is 2. The number of alkyl halides is 3. The van der Waals surface area contributed by atoms with Gasteiger partial charge in [0.15, 0.2) is 0 Å². The summed E-state index contributed by atoms with van der Waals surface area (Å²) in [6.45, 7) is 3.58. The largest absolute Gasteiger partial charge is 0.573 e. The Morgan fingerprint density at radius 3 is 2.59 bits per heavy atom. The first kappa shape index (κ1) is 23.6. The van der Waals surface area contributed by atoms with Crippen LogP contribution in [0.5, 0.6) is 5.75 Å². The predicted molar refractivity (Wildman–Crippen MR) is 119 cm³/mol. The van der Waals surface area contributed by atoms with Crippen LogP contribution in [0, 0.1) is 17.2 Å². The first-order chi connectivity index (χ1) is 16.1. The first-order valence-corrected chi connectivity index (χ1v) is 10.8. The zero-order valence-corrected chi connectivity index (χ0v) is 18.7. The predicted octanol–water partition coefficient (Wildman–Crippen LogP) is 4.14. The number of anilines is 1. The van der Waals surface area contributed by atoms with Gasteiger partial charge < -0.3 is 18.9 Å². The van der Waals surface area contributed by atoms with Gasteiger partial charge in [0.05, 0.1) is 23.9 Å². The molecule has 1 fully saturated rings. The highest BCUT2D eigenvalue weighted by molar-refractivity contribution is 5.88. The van der Waals surface area contributed by atoms with Crippen LogP contribution in [-0.4, -0.2) is 35.1 Å². The number of halogens is 3. The van der Waals surface area contributed by atoms with E-state index in [0.717, 1.165) is 5.56 Å². The number of rotatable bonds is 5. The minimum absolute atomic E-state index is 0.0530. The molecule has 2 aromatic heterocycles. The summed E-state index contributed by atoms with van der Waals surface area (Å²) in [5, 5.41) is 9.25. The van der Waals surface area contributed by atoms with Crippen molar-refractivity contribution in [3.8, 4) is 11.8 Å². The van der Waals surface area contributed by atoms with Crippen molar-refractivity contribution in [2.45, 2.75) is 32.4 Å². The summed E-state index contributed by atoms with van der Waals surface area (Å²) >= 11 is 0. The van der Waals surface area contributed by atoms with Crippen molar-refractivity contribution >= 4 is 16.7 Å². The van der Waals surface area contributed by atoms with Gasteiger partial charge in [0.2, 0.25) is 0 Å². The molecule has 10 heteroatoms. The normalized spacial score (nSPS) is 18.6. The van der Waals surface area contributed by atoms with Gasteiger partial charge in [0.25, 0.3) is 5.56 Å². The number of benzene rings is 1. The molecule has 0 amide bonds. The zero-order valence-electron chi connectivity index (χ0n) is 18.7. The molecule has 0 N–H and O–H groups in total. The molecule has 7 nitrogen and oxygen atoms in total. The number of aryl methyl sites for hydroxylation is 1. The van der Waals surface area contributed by atoms with Crippen LogP contribution in [0.1, 0.15) is 24.6 Å². The fourth-order valence-corrected chi connectivity index (χ4v) is 4.20. The molecule has 34 heavy (non-hydrogen) atoms. The summed E-state index contributed by atoms with van der Waals surface area (Å²) in [5.41, 5.74) is 2.83. The SMILES string of the molecule is C[C@@H]1CN(c2cc(=O)n(C)c3ccc(C#N)nc23)CC[C@@H]1OCc1ccc(OC(F)(F)F)cc1. The number of nitrogens with zero attached hydrogens (tertiary/aromatic N) is 4. The van der Waals surface area contributed by atoms with E-state index in [4.69, 9.17) is 4.74 Å². The van der Waals surface area contributed by atoms with Crippen LogP contribution in [0.15, 0.2) is 47.3 Å². The van der Waals surface area contributed by atoms with E-state index in [1.807, 2.05) is 6.07 Å². The van der Waals surface area contributed by atoms with Crippen molar-refractivity contribution in [1.82, 2.24) is 9.55 Å². The maximum absolute atomic E-state index is 12.5. The molecule has 0 saturated carbocycles. The molecule has 3 heterocycles. The standard InChI is InChI=1S/C24H23F3N4O3/c1-15-13-31(20-11-22(32)30(2)19-8-5-17(12-28)29-23(19)20)10-9-21(15)33-14-16-3-6-18(7-4-16)34-24(25,26)27/h3-8,11,15,21H,9-10,13-14H2,1-2H3/t15-,21+/m1/s1. The van der Waals surface area contributed by atoms with Crippen LogP contribution in [0.4, 0.5) is 18.9 Å². The summed E-state index contributed by atoms with van der Waals surface area (Å²) in [6, 6.07) is 12.5. The van der Waals surface area contributed by atoms with Gasteiger partial charge in [0, 0.05) is 26.2 Å². The molecule has 1 aliphatic heterocycles. The molecule has 1 aromatic carbocycles. The van der Waals surface area contributed by atoms with E-state index < -0.39 is 6.36 Å². The highest BCUT2D eigenvalue weighted by Gasteiger charge is 2.31. The molecule has 0 radical (unpaired) electrons. The number of piperidine rings is 1. The molecule has 0 bridgehead atoms. The summed E-state index contributed by atoms with van der Waals surface area (Å²) < 4.78 is 48.4. The molecule has 3 aromatic rings. The minimum Gasteiger partial charge on any atom is -0.406 e. The van der Waals surface area contributed by atoms with Gasteiger partial charge in [-0.15, -0.1) is 13.2 Å². The van der Waals surface area contributed by atoms with Crippen LogP contribution in [0.2, 0.25) is 0 Å². The van der Waals surface area contributed by atoms with Gasteiger partial charge in [-0.05, 0) is 42.2 Å². The fourth-order valence-electron chi connectivity index (χ4n) is 4.20. The van der Waals surface area contributed by atoms with Gasteiger partial charge in [-0.3, -0.25) is 4.79 Å². The van der Waals surface area contributed by atoms with Crippen LogP contribution in [0.25, 0.3) is 11.0 Å². The van der Waals surface area contributed by atoms with E-state index in [-0.39, 0.29) is 35.6 Å². The summed E-state index contributed by atoms with van der Waals surface area (Å²) in [4.78, 5) is 19.0. The van der Waals surface area contributed by atoms with Gasteiger partial charge in [0.1, 0.15) is 23.0 Å². The second kappa shape index (κ2) is 9.35. The Bertz CT molecular complexity index is 1280. The lowest BCUT2D eigenvalue weighted by Crippen LogP contribution is -2.43. The third-order valence-corrected chi connectivity index (χ3v) is 5.97. The Morgan fingerprint density at radius 1 is 1.21 bits per heavy atom. The van der Waals surface area contributed by atoms with Crippen LogP contribution in [0.3, 0.4) is 0 Å². The van der Waals surface area contributed by atoms with Crippen molar-refractivity contribution in [3.63, 3.8) is 0 Å². The van der Waals surface area contributed by atoms with Gasteiger partial charge in [-0.1, -0.05) is 19.1 Å². The van der Waals surface area contributed by atoms with Crippen molar-refractivity contribution in [3.05, 3.63) is 64.1 Å². The Labute approximate surface area is 194 Å². The Hall–Kier alpha value is -3.58. The maximum atomic E-state index is 12.5. The molecule has 1 aliphatic rings. The van der Waals surface area contributed by atoms with E-state index in [1.165, 1.54) is 16.7 Å². The molecule has 178 valence electrons. The van der Waals surface area contributed by atoms with Crippen LogP contribution >= 0.6 is 0 Å². The van der Waals surface area contributed by atoms with Crippen molar-refractivity contribution in [2.24, 2.45) is 13.0 Å². The minimum atomic E-state index is -4.72. The lowest BCUT2D eigenvalue weighted by molar-refractivity contribution is -0.274. The molecule has 0 spiro atoms.